The van der Waals surface area contributed by atoms with E-state index in [1.165, 1.54) is 4.88 Å². The van der Waals surface area contributed by atoms with Crippen LogP contribution in [-0.4, -0.2) is 56.7 Å². The Hall–Kier alpha value is -1.62. The Morgan fingerprint density at radius 2 is 1.93 bits per heavy atom. The fourth-order valence-corrected chi connectivity index (χ4v) is 5.10. The van der Waals surface area contributed by atoms with Crippen molar-refractivity contribution in [3.05, 3.63) is 50.6 Å². The number of thiophene rings is 1. The minimum atomic E-state index is -3.32. The van der Waals surface area contributed by atoms with Crippen molar-refractivity contribution in [1.82, 2.24) is 15.1 Å². The van der Waals surface area contributed by atoms with Crippen molar-refractivity contribution in [1.29, 1.82) is 0 Å². The number of carbonyl (C=O) groups is 1. The van der Waals surface area contributed by atoms with Gasteiger partial charge in [-0.3, -0.25) is 9.62 Å². The highest BCUT2D eigenvalue weighted by atomic mass is 79.9. The van der Waals surface area contributed by atoms with Crippen molar-refractivity contribution >= 4 is 49.0 Å². The van der Waals surface area contributed by atoms with E-state index >= 15 is 0 Å². The lowest BCUT2D eigenvalue weighted by Crippen LogP contribution is -2.51. The van der Waals surface area contributed by atoms with E-state index in [0.29, 0.717) is 25.3 Å². The Kier molecular flexibility index (Phi) is 6.97. The molecular weight excluding hydrogens is 464 g/mol. The number of amides is 2. The summed E-state index contributed by atoms with van der Waals surface area (Å²) >= 11 is 5.22. The first kappa shape index (κ1) is 21.1. The lowest BCUT2D eigenvalue weighted by atomic mass is 10.2. The molecular formula is C18H23BrN4O3S2. The molecule has 2 aromatic rings. The van der Waals surface area contributed by atoms with E-state index in [1.807, 2.05) is 11.0 Å². The summed E-state index contributed by atoms with van der Waals surface area (Å²) < 4.78 is 26.2. The van der Waals surface area contributed by atoms with Crippen LogP contribution in [0.3, 0.4) is 0 Å². The second kappa shape index (κ2) is 9.25. The number of hydrogen-bond acceptors (Lipinski definition) is 5. The quantitative estimate of drug-likeness (QED) is 0.657. The summed E-state index contributed by atoms with van der Waals surface area (Å²) in [4.78, 5) is 17.9. The summed E-state index contributed by atoms with van der Waals surface area (Å²) in [7, 11) is -3.32. The van der Waals surface area contributed by atoms with E-state index in [4.69, 9.17) is 0 Å². The van der Waals surface area contributed by atoms with Gasteiger partial charge >= 0.3 is 6.03 Å². The molecule has 1 fully saturated rings. The molecule has 0 saturated carbocycles. The monoisotopic (exact) mass is 486 g/mol. The van der Waals surface area contributed by atoms with E-state index in [0.717, 1.165) is 35.2 Å². The number of anilines is 1. The molecule has 2 heterocycles. The van der Waals surface area contributed by atoms with E-state index in [9.17, 15) is 13.2 Å². The van der Waals surface area contributed by atoms with E-state index in [-0.39, 0.29) is 6.03 Å². The highest BCUT2D eigenvalue weighted by molar-refractivity contribution is 9.11. The molecule has 1 aromatic carbocycles. The minimum absolute atomic E-state index is 0.0972. The summed E-state index contributed by atoms with van der Waals surface area (Å²) in [6.45, 7) is 4.32. The first-order valence-electron chi connectivity index (χ1n) is 8.84. The maximum Gasteiger partial charge on any atom is 0.317 e. The van der Waals surface area contributed by atoms with E-state index < -0.39 is 10.0 Å². The zero-order valence-electron chi connectivity index (χ0n) is 15.5. The number of piperazine rings is 1. The van der Waals surface area contributed by atoms with Crippen molar-refractivity contribution < 1.29 is 13.2 Å². The van der Waals surface area contributed by atoms with Crippen LogP contribution in [0.2, 0.25) is 0 Å². The molecule has 1 aliphatic heterocycles. The van der Waals surface area contributed by atoms with Crippen LogP contribution in [-0.2, 0) is 23.1 Å². The highest BCUT2D eigenvalue weighted by Gasteiger charge is 2.21. The van der Waals surface area contributed by atoms with Gasteiger partial charge < -0.3 is 10.2 Å². The van der Waals surface area contributed by atoms with Gasteiger partial charge in [-0.25, -0.2) is 13.2 Å². The molecule has 28 heavy (non-hydrogen) atoms. The van der Waals surface area contributed by atoms with Crippen LogP contribution in [0.4, 0.5) is 10.5 Å². The molecule has 0 spiro atoms. The average Bonchev–Trinajstić information content (AvgIpc) is 3.04. The molecule has 0 unspecified atom stereocenters. The number of rotatable bonds is 6. The van der Waals surface area contributed by atoms with Gasteiger partial charge in [-0.05, 0) is 45.8 Å². The number of hydrogen-bond donors (Lipinski definition) is 2. The molecule has 0 radical (unpaired) electrons. The number of benzene rings is 1. The Morgan fingerprint density at radius 3 is 2.57 bits per heavy atom. The van der Waals surface area contributed by atoms with Gasteiger partial charge in [0.1, 0.15) is 0 Å². The number of urea groups is 1. The Labute approximate surface area is 177 Å². The van der Waals surface area contributed by atoms with Crippen LogP contribution < -0.4 is 10.0 Å². The number of carbonyl (C=O) groups excluding carboxylic acids is 1. The van der Waals surface area contributed by atoms with Gasteiger partial charge in [-0.15, -0.1) is 11.3 Å². The van der Waals surface area contributed by atoms with Gasteiger partial charge in [0, 0.05) is 49.8 Å². The summed E-state index contributed by atoms with van der Waals surface area (Å²) in [5.41, 5.74) is 1.33. The van der Waals surface area contributed by atoms with Crippen molar-refractivity contribution in [2.45, 2.75) is 13.1 Å². The van der Waals surface area contributed by atoms with Crippen molar-refractivity contribution in [2.75, 3.05) is 37.2 Å². The maximum atomic E-state index is 12.4. The summed E-state index contributed by atoms with van der Waals surface area (Å²) in [6.07, 6.45) is 1.11. The minimum Gasteiger partial charge on any atom is -0.334 e. The molecule has 1 aliphatic rings. The van der Waals surface area contributed by atoms with Gasteiger partial charge in [0.15, 0.2) is 0 Å². The van der Waals surface area contributed by atoms with Gasteiger partial charge in [0.2, 0.25) is 10.0 Å². The predicted octanol–water partition coefficient (Wildman–Crippen LogP) is 2.91. The number of halogens is 1. The molecule has 2 amide bonds. The van der Waals surface area contributed by atoms with Crippen LogP contribution in [0.5, 0.6) is 0 Å². The Balaban J connectivity index is 1.45. The van der Waals surface area contributed by atoms with Crippen molar-refractivity contribution in [3.8, 4) is 0 Å². The first-order chi connectivity index (χ1) is 13.3. The number of nitrogens with one attached hydrogen (secondary N) is 2. The molecule has 0 atom stereocenters. The zero-order chi connectivity index (χ0) is 20.1. The van der Waals surface area contributed by atoms with Gasteiger partial charge in [-0.2, -0.15) is 0 Å². The van der Waals surface area contributed by atoms with E-state index in [1.54, 1.807) is 29.5 Å². The first-order valence-corrected chi connectivity index (χ1v) is 12.3. The predicted molar refractivity (Wildman–Crippen MR) is 116 cm³/mol. The van der Waals surface area contributed by atoms with Gasteiger partial charge in [0.25, 0.3) is 0 Å². The Bertz CT molecular complexity index is 924. The number of sulfonamides is 1. The fraction of sp³-hybridized carbons (Fsp3) is 0.389. The van der Waals surface area contributed by atoms with Crippen molar-refractivity contribution in [2.24, 2.45) is 0 Å². The third-order valence-electron chi connectivity index (χ3n) is 4.34. The second-order valence-corrected chi connectivity index (χ2v) is 11.0. The fourth-order valence-electron chi connectivity index (χ4n) is 3.01. The topological polar surface area (TPSA) is 81.8 Å². The van der Waals surface area contributed by atoms with E-state index in [2.05, 4.69) is 43.0 Å². The normalized spacial score (nSPS) is 15.4. The number of nitrogens with zero attached hydrogens (tertiary/aromatic N) is 2. The summed E-state index contributed by atoms with van der Waals surface area (Å²) in [5, 5.41) is 2.91. The largest absolute Gasteiger partial charge is 0.334 e. The SMILES string of the molecule is CS(=O)(=O)Nc1cccc(CNC(=O)N2CCN(Cc3ccc(Br)s3)CC2)c1. The van der Waals surface area contributed by atoms with Crippen LogP contribution in [0.1, 0.15) is 10.4 Å². The molecule has 10 heteroatoms. The average molecular weight is 487 g/mol. The smallest absolute Gasteiger partial charge is 0.317 e. The summed E-state index contributed by atoms with van der Waals surface area (Å²) in [6, 6.07) is 11.1. The molecule has 1 aromatic heterocycles. The zero-order valence-corrected chi connectivity index (χ0v) is 18.7. The van der Waals surface area contributed by atoms with Crippen molar-refractivity contribution in [3.63, 3.8) is 0 Å². The maximum absolute atomic E-state index is 12.4. The highest BCUT2D eigenvalue weighted by Crippen LogP contribution is 2.23. The molecule has 0 bridgehead atoms. The van der Waals surface area contributed by atoms with Gasteiger partial charge in [-0.1, -0.05) is 12.1 Å². The van der Waals surface area contributed by atoms with Gasteiger partial charge in [0.05, 0.1) is 10.0 Å². The third kappa shape index (κ3) is 6.47. The third-order valence-corrected chi connectivity index (χ3v) is 6.56. The Morgan fingerprint density at radius 1 is 1.18 bits per heavy atom. The standard InChI is InChI=1S/C18H23BrN4O3S2/c1-28(25,26)21-15-4-2-3-14(11-15)12-20-18(24)23-9-7-22(8-10-23)13-16-5-6-17(19)27-16/h2-6,11,21H,7-10,12-13H2,1H3,(H,20,24). The second-order valence-electron chi connectivity index (χ2n) is 6.70. The summed E-state index contributed by atoms with van der Waals surface area (Å²) in [5.74, 6) is 0. The molecule has 7 nitrogen and oxygen atoms in total. The van der Waals surface area contributed by atoms with Crippen LogP contribution in [0.15, 0.2) is 40.2 Å². The lowest BCUT2D eigenvalue weighted by Gasteiger charge is -2.34. The molecule has 3 rings (SSSR count). The molecule has 0 aliphatic carbocycles. The molecule has 152 valence electrons. The molecule has 2 N–H and O–H groups in total. The van der Waals surface area contributed by atoms with Crippen LogP contribution >= 0.6 is 27.3 Å². The molecule has 1 saturated heterocycles. The van der Waals surface area contributed by atoms with Crippen LogP contribution in [0.25, 0.3) is 0 Å². The lowest BCUT2D eigenvalue weighted by molar-refractivity contribution is 0.135. The van der Waals surface area contributed by atoms with Crippen LogP contribution in [0, 0.1) is 0 Å².